The summed E-state index contributed by atoms with van der Waals surface area (Å²) in [6.07, 6.45) is 7.58. The molecule has 0 aromatic carbocycles. The molecule has 7 nitrogen and oxygen atoms in total. The van der Waals surface area contributed by atoms with Crippen LogP contribution in [0.25, 0.3) is 0 Å². The number of nitrogens with one attached hydrogen (secondary N) is 2. The van der Waals surface area contributed by atoms with Gasteiger partial charge >= 0.3 is 0 Å². The lowest BCUT2D eigenvalue weighted by atomic mass is 9.94. The van der Waals surface area contributed by atoms with Crippen molar-refractivity contribution in [1.82, 2.24) is 25.3 Å². The molecule has 0 bridgehead atoms. The predicted octanol–water partition coefficient (Wildman–Crippen LogP) is 1.87. The molecular weight excluding hydrogens is 401 g/mol. The van der Waals surface area contributed by atoms with Gasteiger partial charge in [-0.2, -0.15) is 5.10 Å². The standard InChI is InChI=1S/C19H31N5O2.2ClH/c25-19(18-13-20-7-10-26-18)21-12-15-11-17-14-23(8-4-9-24(17)22-15)16-5-2-1-3-6-16;;/h11,16,18,20H,1-10,12-14H2,(H,21,25);2*1H. The normalized spacial score (nSPS) is 23.6. The zero-order valence-corrected chi connectivity index (χ0v) is 18.0. The van der Waals surface area contributed by atoms with Gasteiger partial charge < -0.3 is 15.4 Å². The minimum Gasteiger partial charge on any atom is -0.366 e. The largest absolute Gasteiger partial charge is 0.366 e. The van der Waals surface area contributed by atoms with Gasteiger partial charge in [0, 0.05) is 38.8 Å². The van der Waals surface area contributed by atoms with Gasteiger partial charge in [-0.15, -0.1) is 24.8 Å². The van der Waals surface area contributed by atoms with E-state index in [1.54, 1.807) is 0 Å². The third kappa shape index (κ3) is 5.83. The fraction of sp³-hybridized carbons (Fsp3) is 0.789. The molecule has 28 heavy (non-hydrogen) atoms. The molecule has 2 N–H and O–H groups in total. The highest BCUT2D eigenvalue weighted by Gasteiger charge is 2.25. The smallest absolute Gasteiger partial charge is 0.250 e. The molecule has 1 unspecified atom stereocenters. The van der Waals surface area contributed by atoms with Gasteiger partial charge in [-0.05, 0) is 25.3 Å². The van der Waals surface area contributed by atoms with Gasteiger partial charge in [0.05, 0.1) is 24.5 Å². The second kappa shape index (κ2) is 11.4. The highest BCUT2D eigenvalue weighted by Crippen LogP contribution is 2.26. The summed E-state index contributed by atoms with van der Waals surface area (Å²) >= 11 is 0. The first-order chi connectivity index (χ1) is 12.8. The number of rotatable bonds is 4. The van der Waals surface area contributed by atoms with Gasteiger partial charge in [-0.1, -0.05) is 19.3 Å². The summed E-state index contributed by atoms with van der Waals surface area (Å²) in [4.78, 5) is 14.9. The lowest BCUT2D eigenvalue weighted by Gasteiger charge is -2.33. The van der Waals surface area contributed by atoms with Crippen molar-refractivity contribution in [2.24, 2.45) is 0 Å². The van der Waals surface area contributed by atoms with E-state index in [2.05, 4.69) is 26.3 Å². The van der Waals surface area contributed by atoms with E-state index in [0.717, 1.165) is 37.8 Å². The van der Waals surface area contributed by atoms with E-state index >= 15 is 0 Å². The van der Waals surface area contributed by atoms with Crippen LogP contribution in [-0.2, 0) is 29.2 Å². The summed E-state index contributed by atoms with van der Waals surface area (Å²) in [5.41, 5.74) is 2.23. The maximum absolute atomic E-state index is 12.2. The Bertz CT molecular complexity index is 615. The molecule has 1 aromatic rings. The van der Waals surface area contributed by atoms with Crippen LogP contribution in [0.4, 0.5) is 0 Å². The number of aromatic nitrogens is 2. The van der Waals surface area contributed by atoms with E-state index in [1.165, 1.54) is 44.3 Å². The van der Waals surface area contributed by atoms with Crippen molar-refractivity contribution in [2.45, 2.75) is 70.3 Å². The first kappa shape index (κ1) is 23.4. The minimum atomic E-state index is -0.383. The van der Waals surface area contributed by atoms with Crippen LogP contribution < -0.4 is 10.6 Å². The number of carbonyl (C=O) groups excluding carboxylic acids is 1. The zero-order chi connectivity index (χ0) is 17.8. The lowest BCUT2D eigenvalue weighted by molar-refractivity contribution is -0.134. The van der Waals surface area contributed by atoms with Gasteiger partial charge in [0.2, 0.25) is 0 Å². The molecule has 1 saturated heterocycles. The first-order valence-corrected chi connectivity index (χ1v) is 10.2. The molecule has 1 aliphatic carbocycles. The number of carbonyl (C=O) groups is 1. The van der Waals surface area contributed by atoms with Gasteiger partial charge in [0.15, 0.2) is 0 Å². The first-order valence-electron chi connectivity index (χ1n) is 10.2. The molecule has 3 heterocycles. The quantitative estimate of drug-likeness (QED) is 0.757. The van der Waals surface area contributed by atoms with Crippen LogP contribution in [0.3, 0.4) is 0 Å². The molecule has 1 atom stereocenters. The van der Waals surface area contributed by atoms with Crippen LogP contribution in [0.5, 0.6) is 0 Å². The van der Waals surface area contributed by atoms with Crippen LogP contribution in [0, 0.1) is 0 Å². The van der Waals surface area contributed by atoms with E-state index in [9.17, 15) is 4.79 Å². The Kier molecular flexibility index (Phi) is 9.50. The van der Waals surface area contributed by atoms with Crippen LogP contribution in [0.2, 0.25) is 0 Å². The van der Waals surface area contributed by atoms with E-state index < -0.39 is 0 Å². The molecule has 2 aliphatic heterocycles. The Morgan fingerprint density at radius 2 is 2.04 bits per heavy atom. The monoisotopic (exact) mass is 433 g/mol. The SMILES string of the molecule is Cl.Cl.O=C(NCc1cc2n(n1)CCCN(C1CCCCC1)C2)C1CNCCO1. The number of ether oxygens (including phenoxy) is 1. The Hall–Kier alpha value is -0.860. The second-order valence-electron chi connectivity index (χ2n) is 7.75. The second-order valence-corrected chi connectivity index (χ2v) is 7.75. The molecule has 9 heteroatoms. The van der Waals surface area contributed by atoms with Crippen molar-refractivity contribution in [3.8, 4) is 0 Å². The third-order valence-corrected chi connectivity index (χ3v) is 5.85. The molecular formula is C19H33Cl2N5O2. The van der Waals surface area contributed by atoms with Gasteiger partial charge in [0.25, 0.3) is 5.91 Å². The minimum absolute atomic E-state index is 0. The van der Waals surface area contributed by atoms with Crippen LogP contribution >= 0.6 is 24.8 Å². The summed E-state index contributed by atoms with van der Waals surface area (Å²) in [5.74, 6) is -0.0516. The number of hydrogen-bond donors (Lipinski definition) is 2. The summed E-state index contributed by atoms with van der Waals surface area (Å²) < 4.78 is 7.64. The van der Waals surface area contributed by atoms with Crippen molar-refractivity contribution in [3.05, 3.63) is 17.5 Å². The maximum Gasteiger partial charge on any atom is 0.250 e. The number of amides is 1. The summed E-state index contributed by atoms with van der Waals surface area (Å²) in [6.45, 7) is 5.60. The van der Waals surface area contributed by atoms with E-state index in [1.807, 2.05) is 0 Å². The van der Waals surface area contributed by atoms with E-state index in [0.29, 0.717) is 19.7 Å². The average molecular weight is 434 g/mol. The highest BCUT2D eigenvalue weighted by atomic mass is 35.5. The van der Waals surface area contributed by atoms with Gasteiger partial charge in [0.1, 0.15) is 6.10 Å². The number of aryl methyl sites for hydroxylation is 1. The van der Waals surface area contributed by atoms with Crippen molar-refractivity contribution in [1.29, 1.82) is 0 Å². The van der Waals surface area contributed by atoms with Crippen LogP contribution in [0.1, 0.15) is 49.9 Å². The zero-order valence-electron chi connectivity index (χ0n) is 16.4. The van der Waals surface area contributed by atoms with Crippen LogP contribution in [0.15, 0.2) is 6.07 Å². The molecule has 3 aliphatic rings. The Balaban J connectivity index is 0.00000140. The summed E-state index contributed by atoms with van der Waals surface area (Å²) in [7, 11) is 0. The van der Waals surface area contributed by atoms with Crippen LogP contribution in [-0.4, -0.2) is 59.0 Å². The Labute approximate surface area is 179 Å². The number of morpholine rings is 1. The van der Waals surface area contributed by atoms with Crippen molar-refractivity contribution >= 4 is 30.7 Å². The van der Waals surface area contributed by atoms with Gasteiger partial charge in [-0.3, -0.25) is 14.4 Å². The van der Waals surface area contributed by atoms with E-state index in [-0.39, 0.29) is 36.8 Å². The molecule has 1 amide bonds. The van der Waals surface area contributed by atoms with Crippen molar-refractivity contribution in [3.63, 3.8) is 0 Å². The highest BCUT2D eigenvalue weighted by molar-refractivity contribution is 5.85. The fourth-order valence-corrected chi connectivity index (χ4v) is 4.42. The Morgan fingerprint density at radius 1 is 1.21 bits per heavy atom. The molecule has 4 rings (SSSR count). The number of fused-ring (bicyclic) bond motifs is 1. The topological polar surface area (TPSA) is 71.4 Å². The fourth-order valence-electron chi connectivity index (χ4n) is 4.42. The molecule has 160 valence electrons. The van der Waals surface area contributed by atoms with E-state index in [4.69, 9.17) is 9.84 Å². The molecule has 0 spiro atoms. The molecule has 0 radical (unpaired) electrons. The number of halogens is 2. The average Bonchev–Trinajstić information content (AvgIpc) is 2.97. The maximum atomic E-state index is 12.2. The number of hydrogen-bond acceptors (Lipinski definition) is 5. The third-order valence-electron chi connectivity index (χ3n) is 5.85. The molecule has 1 aromatic heterocycles. The molecule has 1 saturated carbocycles. The molecule has 2 fully saturated rings. The van der Waals surface area contributed by atoms with Crippen molar-refractivity contribution < 1.29 is 9.53 Å². The Morgan fingerprint density at radius 3 is 2.79 bits per heavy atom. The van der Waals surface area contributed by atoms with Crippen molar-refractivity contribution in [2.75, 3.05) is 26.2 Å². The number of nitrogens with zero attached hydrogens (tertiary/aromatic N) is 3. The predicted molar refractivity (Wildman–Crippen MR) is 113 cm³/mol. The van der Waals surface area contributed by atoms with Gasteiger partial charge in [-0.25, -0.2) is 0 Å². The summed E-state index contributed by atoms with van der Waals surface area (Å²) in [6, 6.07) is 2.91. The lowest BCUT2D eigenvalue weighted by Crippen LogP contribution is -2.47. The summed E-state index contributed by atoms with van der Waals surface area (Å²) in [5, 5.41) is 10.9.